The Kier molecular flexibility index (Phi) is 4.92. The fourth-order valence-electron chi connectivity index (χ4n) is 1.20. The number of carbonyl (C=O) groups excluding carboxylic acids is 1. The lowest BCUT2D eigenvalue weighted by atomic mass is 10.2. The number of nitrogens with zero attached hydrogens (tertiary/aromatic N) is 1. The number of hydrogen-bond acceptors (Lipinski definition) is 5. The quantitative estimate of drug-likeness (QED) is 0.453. The molecule has 0 aliphatic heterocycles. The molecule has 0 spiro atoms. The van der Waals surface area contributed by atoms with Crippen LogP contribution in [0.2, 0.25) is 0 Å². The molecule has 0 aromatic heterocycles. The lowest BCUT2D eigenvalue weighted by Crippen LogP contribution is -2.38. The minimum absolute atomic E-state index is 0.181. The second-order valence-corrected chi connectivity index (χ2v) is 3.64. The highest BCUT2D eigenvalue weighted by atomic mass is 19.1. The largest absolute Gasteiger partial charge is 0.479 e. The maximum absolute atomic E-state index is 13.1. The van der Waals surface area contributed by atoms with Gasteiger partial charge in [0.05, 0.1) is 23.2 Å². The van der Waals surface area contributed by atoms with Gasteiger partial charge in [-0.2, -0.15) is 0 Å². The molecule has 1 rings (SSSR count). The molecule has 0 aliphatic carbocycles. The molecule has 1 atom stereocenters. The number of carbonyl (C=O) groups is 2. The molecule has 20 heavy (non-hydrogen) atoms. The summed E-state index contributed by atoms with van der Waals surface area (Å²) in [6.45, 7) is -0.571. The molecular formula is C10H10FN3O6. The number of carboxylic acids is 1. The minimum Gasteiger partial charge on any atom is -0.479 e. The third kappa shape index (κ3) is 4.49. The van der Waals surface area contributed by atoms with Crippen molar-refractivity contribution in [2.75, 3.05) is 11.9 Å². The standard InChI is InChI=1S/C10H10FN3O6/c11-5-1-6(3-7(2-5)14(19)20)13-10(18)12-4-8(15)9(16)17/h1-3,8,15H,4H2,(H,16,17)(H2,12,13,18)/t8-/m0/s1. The van der Waals surface area contributed by atoms with Crippen molar-refractivity contribution >= 4 is 23.4 Å². The SMILES string of the molecule is O=C(NC[C@H](O)C(=O)O)Nc1cc(F)cc([N+](=O)[O-])c1. The summed E-state index contributed by atoms with van der Waals surface area (Å²) in [5.74, 6) is -2.44. The highest BCUT2D eigenvalue weighted by molar-refractivity contribution is 5.90. The topological polar surface area (TPSA) is 142 Å². The van der Waals surface area contributed by atoms with Gasteiger partial charge in [-0.05, 0) is 6.07 Å². The molecule has 0 unspecified atom stereocenters. The molecule has 0 fully saturated rings. The first kappa shape index (κ1) is 15.3. The van der Waals surface area contributed by atoms with Crippen molar-refractivity contribution in [3.05, 3.63) is 34.1 Å². The van der Waals surface area contributed by atoms with Crippen molar-refractivity contribution < 1.29 is 29.1 Å². The van der Waals surface area contributed by atoms with E-state index in [1.54, 1.807) is 0 Å². The van der Waals surface area contributed by atoms with Gasteiger partial charge in [-0.3, -0.25) is 10.1 Å². The van der Waals surface area contributed by atoms with E-state index in [2.05, 4.69) is 5.32 Å². The summed E-state index contributed by atoms with van der Waals surface area (Å²) in [5.41, 5.74) is -0.732. The second-order valence-electron chi connectivity index (χ2n) is 3.64. The van der Waals surface area contributed by atoms with Crippen molar-refractivity contribution in [2.45, 2.75) is 6.10 Å². The number of anilines is 1. The summed E-state index contributed by atoms with van der Waals surface area (Å²) in [4.78, 5) is 31.3. The maximum Gasteiger partial charge on any atom is 0.334 e. The normalized spacial score (nSPS) is 11.5. The summed E-state index contributed by atoms with van der Waals surface area (Å²) in [5, 5.41) is 31.9. The van der Waals surface area contributed by atoms with Crippen molar-refractivity contribution in [1.82, 2.24) is 5.32 Å². The van der Waals surface area contributed by atoms with Gasteiger partial charge in [-0.1, -0.05) is 0 Å². The molecule has 0 bridgehead atoms. The van der Waals surface area contributed by atoms with E-state index in [-0.39, 0.29) is 5.69 Å². The predicted molar refractivity (Wildman–Crippen MR) is 63.7 cm³/mol. The molecule has 9 nitrogen and oxygen atoms in total. The fourth-order valence-corrected chi connectivity index (χ4v) is 1.20. The van der Waals surface area contributed by atoms with Crippen LogP contribution in [0.15, 0.2) is 18.2 Å². The predicted octanol–water partition coefficient (Wildman–Crippen LogP) is 0.301. The van der Waals surface area contributed by atoms with Gasteiger partial charge in [0, 0.05) is 6.07 Å². The molecule has 0 saturated heterocycles. The number of aliphatic hydroxyl groups is 1. The highest BCUT2D eigenvalue weighted by Crippen LogP contribution is 2.19. The van der Waals surface area contributed by atoms with E-state index in [9.17, 15) is 24.1 Å². The van der Waals surface area contributed by atoms with Crippen LogP contribution >= 0.6 is 0 Å². The number of aliphatic hydroxyl groups excluding tert-OH is 1. The first-order valence-electron chi connectivity index (χ1n) is 5.20. The van der Waals surface area contributed by atoms with Crippen molar-refractivity contribution in [3.63, 3.8) is 0 Å². The molecule has 0 radical (unpaired) electrons. The Morgan fingerprint density at radius 1 is 1.40 bits per heavy atom. The number of nitro groups is 1. The molecule has 2 amide bonds. The van der Waals surface area contributed by atoms with E-state index in [1.165, 1.54) is 0 Å². The lowest BCUT2D eigenvalue weighted by molar-refractivity contribution is -0.385. The van der Waals surface area contributed by atoms with Gasteiger partial charge in [-0.15, -0.1) is 0 Å². The molecule has 1 aromatic rings. The van der Waals surface area contributed by atoms with Gasteiger partial charge in [-0.25, -0.2) is 14.0 Å². The van der Waals surface area contributed by atoms with Crippen molar-refractivity contribution in [1.29, 1.82) is 0 Å². The zero-order valence-electron chi connectivity index (χ0n) is 9.87. The van der Waals surface area contributed by atoms with Crippen molar-refractivity contribution in [3.8, 4) is 0 Å². The van der Waals surface area contributed by atoms with E-state index in [0.717, 1.165) is 12.1 Å². The molecule has 0 saturated carbocycles. The second kappa shape index (κ2) is 6.43. The van der Waals surface area contributed by atoms with Crippen LogP contribution in [0.1, 0.15) is 0 Å². The van der Waals surface area contributed by atoms with E-state index in [0.29, 0.717) is 6.07 Å². The van der Waals surface area contributed by atoms with Crippen LogP contribution in [-0.4, -0.2) is 39.8 Å². The van der Waals surface area contributed by atoms with Gasteiger partial charge >= 0.3 is 12.0 Å². The number of hydrogen-bond donors (Lipinski definition) is 4. The molecule has 1 aromatic carbocycles. The molecule has 0 heterocycles. The van der Waals surface area contributed by atoms with Gasteiger partial charge in [0.2, 0.25) is 0 Å². The molecule has 10 heteroatoms. The Labute approximate surface area is 111 Å². The maximum atomic E-state index is 13.1. The van der Waals surface area contributed by atoms with E-state index >= 15 is 0 Å². The third-order valence-electron chi connectivity index (χ3n) is 2.09. The molecule has 4 N–H and O–H groups in total. The Morgan fingerprint density at radius 2 is 2.05 bits per heavy atom. The molecular weight excluding hydrogens is 277 g/mol. The summed E-state index contributed by atoms with van der Waals surface area (Å²) in [7, 11) is 0. The van der Waals surface area contributed by atoms with Gasteiger partial charge in [0.25, 0.3) is 5.69 Å². The van der Waals surface area contributed by atoms with E-state index < -0.39 is 41.1 Å². The first-order valence-corrected chi connectivity index (χ1v) is 5.20. The summed E-state index contributed by atoms with van der Waals surface area (Å²) < 4.78 is 13.1. The van der Waals surface area contributed by atoms with Crippen molar-refractivity contribution in [2.24, 2.45) is 0 Å². The van der Waals surface area contributed by atoms with Crippen LogP contribution in [0.3, 0.4) is 0 Å². The van der Waals surface area contributed by atoms with Gasteiger partial charge in [0.15, 0.2) is 6.10 Å². The number of carboxylic acid groups (broad SMARTS) is 1. The van der Waals surface area contributed by atoms with E-state index in [4.69, 9.17) is 10.2 Å². The zero-order valence-corrected chi connectivity index (χ0v) is 9.87. The summed E-state index contributed by atoms with van der Waals surface area (Å²) in [6, 6.07) is 1.51. The van der Waals surface area contributed by atoms with Crippen LogP contribution in [-0.2, 0) is 4.79 Å². The Morgan fingerprint density at radius 3 is 2.60 bits per heavy atom. The lowest BCUT2D eigenvalue weighted by Gasteiger charge is -2.09. The third-order valence-corrected chi connectivity index (χ3v) is 2.09. The number of amides is 2. The zero-order chi connectivity index (χ0) is 15.3. The number of nitro benzene ring substituents is 1. The Balaban J connectivity index is 2.66. The average Bonchev–Trinajstić information content (AvgIpc) is 2.34. The van der Waals surface area contributed by atoms with Gasteiger partial charge < -0.3 is 20.8 Å². The Hall–Kier alpha value is -2.75. The monoisotopic (exact) mass is 287 g/mol. The number of aliphatic carboxylic acids is 1. The first-order chi connectivity index (χ1) is 9.29. The number of non-ortho nitro benzene ring substituents is 1. The number of nitrogens with one attached hydrogen (secondary N) is 2. The van der Waals surface area contributed by atoms with E-state index in [1.807, 2.05) is 5.32 Å². The fraction of sp³-hybridized carbons (Fsp3) is 0.200. The van der Waals surface area contributed by atoms with Crippen LogP contribution < -0.4 is 10.6 Å². The Bertz CT molecular complexity index is 550. The minimum atomic E-state index is -1.79. The number of rotatable bonds is 5. The van der Waals surface area contributed by atoms with Gasteiger partial charge in [0.1, 0.15) is 5.82 Å². The van der Waals surface area contributed by atoms with Crippen LogP contribution in [0, 0.1) is 15.9 Å². The summed E-state index contributed by atoms with van der Waals surface area (Å²) in [6.07, 6.45) is -1.79. The van der Waals surface area contributed by atoms with Crippen LogP contribution in [0.4, 0.5) is 20.6 Å². The number of urea groups is 1. The number of halogens is 1. The smallest absolute Gasteiger partial charge is 0.334 e. The molecule has 0 aliphatic rings. The average molecular weight is 287 g/mol. The summed E-state index contributed by atoms with van der Waals surface area (Å²) >= 11 is 0. The molecule has 108 valence electrons. The highest BCUT2D eigenvalue weighted by Gasteiger charge is 2.15. The van der Waals surface area contributed by atoms with Crippen LogP contribution in [0.25, 0.3) is 0 Å². The van der Waals surface area contributed by atoms with Crippen LogP contribution in [0.5, 0.6) is 0 Å². The number of benzene rings is 1.